The highest BCUT2D eigenvalue weighted by atomic mass is 16.5. The molecule has 3 amide bonds. The summed E-state index contributed by atoms with van der Waals surface area (Å²) in [5.74, 6) is -0.125. The molecule has 112 valence electrons. The van der Waals surface area contributed by atoms with E-state index in [0.717, 1.165) is 4.90 Å². The molecule has 1 aliphatic heterocycles. The van der Waals surface area contributed by atoms with E-state index in [4.69, 9.17) is 4.74 Å². The third-order valence-electron chi connectivity index (χ3n) is 3.75. The maximum Gasteiger partial charge on any atom is 0.325 e. The van der Waals surface area contributed by atoms with E-state index in [1.807, 2.05) is 6.92 Å². The Morgan fingerprint density at radius 1 is 1.38 bits per heavy atom. The number of amides is 3. The fraction of sp³-hybridized carbons (Fsp3) is 0.400. The SMILES string of the molecule is CCC1(C)NC(=O)N(CC(=O)c2cccc(OC)c2)C1=O. The van der Waals surface area contributed by atoms with E-state index in [0.29, 0.717) is 17.7 Å². The molecular weight excluding hydrogens is 272 g/mol. The van der Waals surface area contributed by atoms with Gasteiger partial charge in [0.05, 0.1) is 13.7 Å². The third-order valence-corrected chi connectivity index (χ3v) is 3.75. The number of methoxy groups -OCH3 is 1. The van der Waals surface area contributed by atoms with Crippen molar-refractivity contribution in [2.24, 2.45) is 0 Å². The lowest BCUT2D eigenvalue weighted by molar-refractivity contribution is -0.130. The van der Waals surface area contributed by atoms with Crippen LogP contribution in [0.15, 0.2) is 24.3 Å². The zero-order chi connectivity index (χ0) is 15.6. The monoisotopic (exact) mass is 290 g/mol. The first-order valence-corrected chi connectivity index (χ1v) is 6.72. The lowest BCUT2D eigenvalue weighted by Crippen LogP contribution is -2.43. The second-order valence-corrected chi connectivity index (χ2v) is 5.16. The molecule has 6 nitrogen and oxygen atoms in total. The predicted molar refractivity (Wildman–Crippen MR) is 76.3 cm³/mol. The molecule has 0 radical (unpaired) electrons. The summed E-state index contributed by atoms with van der Waals surface area (Å²) in [6, 6.07) is 6.09. The topological polar surface area (TPSA) is 75.7 Å². The molecule has 1 heterocycles. The highest BCUT2D eigenvalue weighted by Gasteiger charge is 2.46. The van der Waals surface area contributed by atoms with Gasteiger partial charge in [-0.2, -0.15) is 0 Å². The van der Waals surface area contributed by atoms with Crippen LogP contribution in [-0.2, 0) is 4.79 Å². The van der Waals surface area contributed by atoms with Gasteiger partial charge in [0, 0.05) is 5.56 Å². The molecule has 1 atom stereocenters. The molecule has 1 saturated heterocycles. The summed E-state index contributed by atoms with van der Waals surface area (Å²) in [4.78, 5) is 37.3. The summed E-state index contributed by atoms with van der Waals surface area (Å²) in [7, 11) is 1.51. The van der Waals surface area contributed by atoms with Crippen molar-refractivity contribution in [2.45, 2.75) is 25.8 Å². The quantitative estimate of drug-likeness (QED) is 0.660. The van der Waals surface area contributed by atoms with Gasteiger partial charge < -0.3 is 10.1 Å². The number of benzene rings is 1. The van der Waals surface area contributed by atoms with E-state index in [1.165, 1.54) is 7.11 Å². The van der Waals surface area contributed by atoms with Crippen molar-refractivity contribution in [3.05, 3.63) is 29.8 Å². The van der Waals surface area contributed by atoms with Gasteiger partial charge >= 0.3 is 6.03 Å². The summed E-state index contributed by atoms with van der Waals surface area (Å²) in [5, 5.41) is 2.62. The average molecular weight is 290 g/mol. The first-order valence-electron chi connectivity index (χ1n) is 6.72. The summed E-state index contributed by atoms with van der Waals surface area (Å²) >= 11 is 0. The van der Waals surface area contributed by atoms with Crippen LogP contribution in [0.1, 0.15) is 30.6 Å². The van der Waals surface area contributed by atoms with Crippen LogP contribution in [0.2, 0.25) is 0 Å². The van der Waals surface area contributed by atoms with E-state index < -0.39 is 11.6 Å². The summed E-state index contributed by atoms with van der Waals surface area (Å²) in [5.41, 5.74) is -0.522. The van der Waals surface area contributed by atoms with E-state index in [1.54, 1.807) is 31.2 Å². The molecule has 1 aromatic carbocycles. The Labute approximate surface area is 123 Å². The van der Waals surface area contributed by atoms with Gasteiger partial charge in [-0.3, -0.25) is 14.5 Å². The first-order chi connectivity index (χ1) is 9.91. The van der Waals surface area contributed by atoms with Crippen molar-refractivity contribution >= 4 is 17.7 Å². The number of ketones is 1. The molecule has 21 heavy (non-hydrogen) atoms. The molecule has 6 heteroatoms. The van der Waals surface area contributed by atoms with Crippen molar-refractivity contribution in [3.63, 3.8) is 0 Å². The minimum Gasteiger partial charge on any atom is -0.497 e. The average Bonchev–Trinajstić information content (AvgIpc) is 2.71. The molecule has 0 bridgehead atoms. The molecule has 1 aliphatic rings. The maximum absolute atomic E-state index is 12.2. The van der Waals surface area contributed by atoms with Crippen LogP contribution in [-0.4, -0.2) is 41.8 Å². The van der Waals surface area contributed by atoms with Crippen LogP contribution in [0.3, 0.4) is 0 Å². The number of nitrogens with zero attached hydrogens (tertiary/aromatic N) is 1. The van der Waals surface area contributed by atoms with Crippen molar-refractivity contribution in [2.75, 3.05) is 13.7 Å². The van der Waals surface area contributed by atoms with Gasteiger partial charge in [0.15, 0.2) is 5.78 Å². The van der Waals surface area contributed by atoms with Crippen LogP contribution in [0.4, 0.5) is 4.79 Å². The van der Waals surface area contributed by atoms with Crippen molar-refractivity contribution < 1.29 is 19.1 Å². The van der Waals surface area contributed by atoms with Gasteiger partial charge in [-0.15, -0.1) is 0 Å². The molecule has 1 N–H and O–H groups in total. The standard InChI is InChI=1S/C15H18N2O4/c1-4-15(2)13(19)17(14(20)16-15)9-12(18)10-6-5-7-11(8-10)21-3/h5-8H,4,9H2,1-3H3,(H,16,20). The van der Waals surface area contributed by atoms with Gasteiger partial charge in [-0.05, 0) is 25.5 Å². The molecule has 0 aliphatic carbocycles. The summed E-state index contributed by atoms with van der Waals surface area (Å²) in [6.07, 6.45) is 0.474. The number of nitrogens with one attached hydrogen (secondary N) is 1. The molecule has 2 rings (SSSR count). The maximum atomic E-state index is 12.2. The van der Waals surface area contributed by atoms with Crippen LogP contribution >= 0.6 is 0 Å². The Hall–Kier alpha value is -2.37. The van der Waals surface area contributed by atoms with Crippen molar-refractivity contribution in [1.29, 1.82) is 0 Å². The smallest absolute Gasteiger partial charge is 0.325 e. The van der Waals surface area contributed by atoms with Gasteiger partial charge in [-0.1, -0.05) is 19.1 Å². The Morgan fingerprint density at radius 3 is 2.67 bits per heavy atom. The number of hydrogen-bond acceptors (Lipinski definition) is 4. The van der Waals surface area contributed by atoms with Gasteiger partial charge in [0.2, 0.25) is 0 Å². The Balaban J connectivity index is 2.16. The fourth-order valence-electron chi connectivity index (χ4n) is 2.16. The van der Waals surface area contributed by atoms with Gasteiger partial charge in [0.1, 0.15) is 11.3 Å². The highest BCUT2D eigenvalue weighted by molar-refractivity contribution is 6.11. The lowest BCUT2D eigenvalue weighted by atomic mass is 9.99. The number of urea groups is 1. The third kappa shape index (κ3) is 2.74. The van der Waals surface area contributed by atoms with Crippen LogP contribution in [0, 0.1) is 0 Å². The number of carbonyl (C=O) groups excluding carboxylic acids is 3. The number of hydrogen-bond donors (Lipinski definition) is 1. The number of rotatable bonds is 5. The summed E-state index contributed by atoms with van der Waals surface area (Å²) < 4.78 is 5.06. The van der Waals surface area contributed by atoms with E-state index >= 15 is 0 Å². The Kier molecular flexibility index (Phi) is 3.97. The fourth-order valence-corrected chi connectivity index (χ4v) is 2.16. The lowest BCUT2D eigenvalue weighted by Gasteiger charge is -2.19. The van der Waals surface area contributed by atoms with E-state index in [9.17, 15) is 14.4 Å². The number of Topliss-reactive ketones (excluding diaryl/α,β-unsaturated/α-hetero) is 1. The molecule has 0 saturated carbocycles. The largest absolute Gasteiger partial charge is 0.497 e. The molecule has 0 spiro atoms. The number of imide groups is 1. The second-order valence-electron chi connectivity index (χ2n) is 5.16. The van der Waals surface area contributed by atoms with E-state index in [2.05, 4.69) is 5.32 Å². The molecule has 1 fully saturated rings. The zero-order valence-electron chi connectivity index (χ0n) is 12.3. The Morgan fingerprint density at radius 2 is 2.10 bits per heavy atom. The van der Waals surface area contributed by atoms with Gasteiger partial charge in [0.25, 0.3) is 5.91 Å². The first kappa shape index (κ1) is 15.0. The highest BCUT2D eigenvalue weighted by Crippen LogP contribution is 2.21. The molecule has 1 unspecified atom stereocenters. The van der Waals surface area contributed by atoms with Gasteiger partial charge in [-0.25, -0.2) is 4.79 Å². The number of carbonyl (C=O) groups is 3. The van der Waals surface area contributed by atoms with Crippen LogP contribution < -0.4 is 10.1 Å². The van der Waals surface area contributed by atoms with Crippen molar-refractivity contribution in [1.82, 2.24) is 10.2 Å². The zero-order valence-corrected chi connectivity index (χ0v) is 12.3. The minimum atomic E-state index is -0.925. The van der Waals surface area contributed by atoms with Crippen molar-refractivity contribution in [3.8, 4) is 5.75 Å². The predicted octanol–water partition coefficient (Wildman–Crippen LogP) is 1.60. The molecule has 0 aromatic heterocycles. The summed E-state index contributed by atoms with van der Waals surface area (Å²) in [6.45, 7) is 3.20. The molecule has 1 aromatic rings. The second kappa shape index (κ2) is 5.55. The number of ether oxygens (including phenoxy) is 1. The van der Waals surface area contributed by atoms with E-state index in [-0.39, 0.29) is 18.2 Å². The minimum absolute atomic E-state index is 0.270. The normalized spacial score (nSPS) is 21.4. The Bertz CT molecular complexity index is 599. The van der Waals surface area contributed by atoms with Crippen LogP contribution in [0.25, 0.3) is 0 Å². The molecular formula is C15H18N2O4. The van der Waals surface area contributed by atoms with Crippen LogP contribution in [0.5, 0.6) is 5.75 Å².